The molecule has 2 aromatic rings. The first kappa shape index (κ1) is 13.7. The van der Waals surface area contributed by atoms with E-state index in [1.54, 1.807) is 0 Å². The van der Waals surface area contributed by atoms with Gasteiger partial charge in [0.15, 0.2) is 4.67 Å². The lowest BCUT2D eigenvalue weighted by atomic mass is 10.0. The van der Waals surface area contributed by atoms with Gasteiger partial charge in [-0.15, -0.1) is 11.8 Å². The molecular formula is C14H13Br2NOS. The van der Waals surface area contributed by atoms with E-state index in [-0.39, 0.29) is 0 Å². The van der Waals surface area contributed by atoms with Crippen molar-refractivity contribution in [1.29, 1.82) is 0 Å². The molecule has 1 aliphatic heterocycles. The number of halogens is 2. The smallest absolute Gasteiger partial charge is 0.183 e. The normalized spacial score (nSPS) is 18.3. The lowest BCUT2D eigenvalue weighted by Gasteiger charge is -2.25. The molecular weight excluding hydrogens is 390 g/mol. The third-order valence-corrected chi connectivity index (χ3v) is 6.01. The quantitative estimate of drug-likeness (QED) is 0.770. The first-order valence-corrected chi connectivity index (χ1v) is 8.70. The molecule has 0 saturated carbocycles. The number of furan rings is 1. The van der Waals surface area contributed by atoms with Gasteiger partial charge in [0.05, 0.1) is 11.0 Å². The van der Waals surface area contributed by atoms with Crippen LogP contribution in [-0.4, -0.2) is 5.75 Å². The van der Waals surface area contributed by atoms with Crippen molar-refractivity contribution in [2.45, 2.75) is 23.9 Å². The van der Waals surface area contributed by atoms with Crippen LogP contribution in [-0.2, 0) is 6.54 Å². The summed E-state index contributed by atoms with van der Waals surface area (Å²) in [5.41, 5.74) is 1.41. The van der Waals surface area contributed by atoms with Crippen molar-refractivity contribution in [3.63, 3.8) is 0 Å². The van der Waals surface area contributed by atoms with E-state index in [4.69, 9.17) is 4.42 Å². The van der Waals surface area contributed by atoms with E-state index in [0.29, 0.717) is 6.04 Å². The maximum atomic E-state index is 5.60. The van der Waals surface area contributed by atoms with Gasteiger partial charge in [-0.2, -0.15) is 0 Å². The minimum atomic E-state index is 0.417. The Morgan fingerprint density at radius 1 is 1.32 bits per heavy atom. The van der Waals surface area contributed by atoms with Crippen LogP contribution in [0.2, 0.25) is 0 Å². The molecule has 0 bridgehead atoms. The van der Waals surface area contributed by atoms with Gasteiger partial charge in [0.25, 0.3) is 0 Å². The Morgan fingerprint density at radius 2 is 2.16 bits per heavy atom. The minimum absolute atomic E-state index is 0.417. The van der Waals surface area contributed by atoms with Crippen LogP contribution >= 0.6 is 43.6 Å². The summed E-state index contributed by atoms with van der Waals surface area (Å²) in [7, 11) is 0. The van der Waals surface area contributed by atoms with Crippen LogP contribution in [0.5, 0.6) is 0 Å². The van der Waals surface area contributed by atoms with Gasteiger partial charge < -0.3 is 9.73 Å². The SMILES string of the molecule is Brc1cc(CNC2CCSc3ccccc32)oc1Br. The van der Waals surface area contributed by atoms with Crippen LogP contribution in [0.25, 0.3) is 0 Å². The summed E-state index contributed by atoms with van der Waals surface area (Å²) in [6.45, 7) is 0.744. The Morgan fingerprint density at radius 3 is 2.95 bits per heavy atom. The third-order valence-electron chi connectivity index (χ3n) is 3.18. The summed E-state index contributed by atoms with van der Waals surface area (Å²) in [5, 5.41) is 3.59. The number of thioether (sulfide) groups is 1. The van der Waals surface area contributed by atoms with Crippen molar-refractivity contribution < 1.29 is 4.42 Å². The molecule has 0 saturated heterocycles. The molecule has 5 heteroatoms. The molecule has 0 aliphatic carbocycles. The standard InChI is InChI=1S/C14H13Br2NOS/c15-11-7-9(18-14(11)16)8-17-12-5-6-19-13-4-2-1-3-10(12)13/h1-4,7,12,17H,5-6,8H2. The molecule has 0 radical (unpaired) electrons. The molecule has 1 aromatic heterocycles. The van der Waals surface area contributed by atoms with Gasteiger partial charge in [-0.25, -0.2) is 0 Å². The molecule has 2 heterocycles. The highest BCUT2D eigenvalue weighted by molar-refractivity contribution is 9.13. The number of fused-ring (bicyclic) bond motifs is 1. The lowest BCUT2D eigenvalue weighted by molar-refractivity contribution is 0.429. The monoisotopic (exact) mass is 401 g/mol. The number of benzene rings is 1. The molecule has 100 valence electrons. The molecule has 0 amide bonds. The Labute approximate surface area is 133 Å². The molecule has 1 aromatic carbocycles. The fraction of sp³-hybridized carbons (Fsp3) is 0.286. The number of hydrogen-bond donors (Lipinski definition) is 1. The van der Waals surface area contributed by atoms with Gasteiger partial charge >= 0.3 is 0 Å². The van der Waals surface area contributed by atoms with Crippen LogP contribution in [0.4, 0.5) is 0 Å². The summed E-state index contributed by atoms with van der Waals surface area (Å²) in [4.78, 5) is 1.40. The third kappa shape index (κ3) is 3.10. The second-order valence-corrected chi connectivity index (χ2v) is 7.15. The van der Waals surface area contributed by atoms with Gasteiger partial charge in [0, 0.05) is 10.9 Å². The van der Waals surface area contributed by atoms with Crippen molar-refractivity contribution >= 4 is 43.6 Å². The van der Waals surface area contributed by atoms with Gasteiger partial charge in [-0.1, -0.05) is 18.2 Å². The van der Waals surface area contributed by atoms with E-state index < -0.39 is 0 Å². The highest BCUT2D eigenvalue weighted by Gasteiger charge is 2.20. The molecule has 1 aliphatic rings. The second-order valence-electron chi connectivity index (χ2n) is 4.44. The zero-order chi connectivity index (χ0) is 13.2. The molecule has 0 fully saturated rings. The summed E-state index contributed by atoms with van der Waals surface area (Å²) < 4.78 is 7.31. The van der Waals surface area contributed by atoms with E-state index in [9.17, 15) is 0 Å². The van der Waals surface area contributed by atoms with Crippen molar-refractivity contribution in [1.82, 2.24) is 5.32 Å². The van der Waals surface area contributed by atoms with Gasteiger partial charge in [0.1, 0.15) is 5.76 Å². The second kappa shape index (κ2) is 6.04. The zero-order valence-corrected chi connectivity index (χ0v) is 14.1. The molecule has 19 heavy (non-hydrogen) atoms. The first-order valence-electron chi connectivity index (χ1n) is 6.13. The number of nitrogens with one attached hydrogen (secondary N) is 1. The highest BCUT2D eigenvalue weighted by atomic mass is 79.9. The fourth-order valence-corrected chi connectivity index (χ4v) is 4.04. The van der Waals surface area contributed by atoms with Crippen LogP contribution < -0.4 is 5.32 Å². The van der Waals surface area contributed by atoms with E-state index >= 15 is 0 Å². The first-order chi connectivity index (χ1) is 9.24. The van der Waals surface area contributed by atoms with Crippen LogP contribution in [0, 0.1) is 0 Å². The van der Waals surface area contributed by atoms with Gasteiger partial charge in [0.2, 0.25) is 0 Å². The van der Waals surface area contributed by atoms with Crippen molar-refractivity contribution in [2.24, 2.45) is 0 Å². The van der Waals surface area contributed by atoms with E-state index in [1.807, 2.05) is 17.8 Å². The predicted octanol–water partition coefficient (Wildman–Crippen LogP) is 5.13. The summed E-state index contributed by atoms with van der Waals surface area (Å²) in [5.74, 6) is 2.11. The predicted molar refractivity (Wildman–Crippen MR) is 85.5 cm³/mol. The van der Waals surface area contributed by atoms with E-state index in [0.717, 1.165) is 27.9 Å². The lowest BCUT2D eigenvalue weighted by Crippen LogP contribution is -2.23. The van der Waals surface area contributed by atoms with Gasteiger partial charge in [-0.3, -0.25) is 0 Å². The molecule has 1 unspecified atom stereocenters. The Balaban J connectivity index is 1.71. The number of rotatable bonds is 3. The van der Waals surface area contributed by atoms with Crippen molar-refractivity contribution in [3.8, 4) is 0 Å². The van der Waals surface area contributed by atoms with Crippen LogP contribution in [0.3, 0.4) is 0 Å². The minimum Gasteiger partial charge on any atom is -0.452 e. The highest BCUT2D eigenvalue weighted by Crippen LogP contribution is 2.36. The summed E-state index contributed by atoms with van der Waals surface area (Å²) in [6, 6.07) is 11.1. The van der Waals surface area contributed by atoms with E-state index in [1.165, 1.54) is 16.2 Å². The Bertz CT molecular complexity index is 565. The molecule has 1 N–H and O–H groups in total. The Kier molecular flexibility index (Phi) is 4.37. The van der Waals surface area contributed by atoms with Crippen LogP contribution in [0.1, 0.15) is 23.8 Å². The summed E-state index contributed by atoms with van der Waals surface area (Å²) >= 11 is 8.74. The van der Waals surface area contributed by atoms with Crippen molar-refractivity contribution in [3.05, 3.63) is 50.8 Å². The van der Waals surface area contributed by atoms with Crippen molar-refractivity contribution in [2.75, 3.05) is 5.75 Å². The zero-order valence-electron chi connectivity index (χ0n) is 10.2. The average Bonchev–Trinajstić information content (AvgIpc) is 2.75. The fourth-order valence-electron chi connectivity index (χ4n) is 2.26. The Hall–Kier alpha value is -0.230. The topological polar surface area (TPSA) is 25.2 Å². The largest absolute Gasteiger partial charge is 0.452 e. The molecule has 0 spiro atoms. The average molecular weight is 403 g/mol. The van der Waals surface area contributed by atoms with Gasteiger partial charge in [-0.05, 0) is 61.7 Å². The molecule has 2 nitrogen and oxygen atoms in total. The van der Waals surface area contributed by atoms with E-state index in [2.05, 4.69) is 61.4 Å². The maximum absolute atomic E-state index is 5.60. The molecule has 1 atom stereocenters. The maximum Gasteiger partial charge on any atom is 0.183 e. The number of hydrogen-bond acceptors (Lipinski definition) is 3. The van der Waals surface area contributed by atoms with Crippen LogP contribution in [0.15, 0.2) is 48.8 Å². The molecule has 3 rings (SSSR count). The summed E-state index contributed by atoms with van der Waals surface area (Å²) in [6.07, 6.45) is 1.16.